The minimum atomic E-state index is -3.84. The molecule has 3 rings (SSSR count). The van der Waals surface area contributed by atoms with Crippen LogP contribution in [-0.4, -0.2) is 50.0 Å². The summed E-state index contributed by atoms with van der Waals surface area (Å²) in [5.41, 5.74) is 1.44. The summed E-state index contributed by atoms with van der Waals surface area (Å²) in [6, 6.07) is 12.2. The number of sulfonamides is 1. The number of hydrogen-bond donors (Lipinski definition) is 1. The quantitative estimate of drug-likeness (QED) is 0.512. The normalized spacial score (nSPS) is 15.1. The van der Waals surface area contributed by atoms with Gasteiger partial charge in [-0.25, -0.2) is 12.8 Å². The van der Waals surface area contributed by atoms with Crippen LogP contribution in [0.1, 0.15) is 63.5 Å². The van der Waals surface area contributed by atoms with E-state index in [1.165, 1.54) is 11.0 Å². The lowest BCUT2D eigenvalue weighted by Crippen LogP contribution is -2.52. The van der Waals surface area contributed by atoms with E-state index in [1.54, 1.807) is 37.3 Å². The van der Waals surface area contributed by atoms with Gasteiger partial charge in [0, 0.05) is 18.2 Å². The Bertz CT molecular complexity index is 1180. The van der Waals surface area contributed by atoms with Gasteiger partial charge < -0.3 is 10.2 Å². The van der Waals surface area contributed by atoms with E-state index in [-0.39, 0.29) is 30.0 Å². The van der Waals surface area contributed by atoms with Crippen molar-refractivity contribution in [2.24, 2.45) is 0 Å². The molecule has 0 unspecified atom stereocenters. The van der Waals surface area contributed by atoms with Crippen LogP contribution in [0.15, 0.2) is 48.5 Å². The Morgan fingerprint density at radius 1 is 1.03 bits per heavy atom. The van der Waals surface area contributed by atoms with E-state index in [0.717, 1.165) is 41.8 Å². The van der Waals surface area contributed by atoms with Crippen LogP contribution in [0.5, 0.6) is 0 Å². The zero-order valence-corrected chi connectivity index (χ0v) is 22.2. The molecule has 0 spiro atoms. The van der Waals surface area contributed by atoms with Gasteiger partial charge in [0.05, 0.1) is 11.9 Å². The van der Waals surface area contributed by atoms with Gasteiger partial charge in [0.25, 0.3) is 0 Å². The average molecular weight is 518 g/mol. The van der Waals surface area contributed by atoms with Crippen molar-refractivity contribution in [3.8, 4) is 0 Å². The lowest BCUT2D eigenvalue weighted by Gasteiger charge is -2.33. The Labute approximate surface area is 213 Å². The summed E-state index contributed by atoms with van der Waals surface area (Å²) in [4.78, 5) is 28.0. The summed E-state index contributed by atoms with van der Waals surface area (Å²) in [5.74, 6) is -1.40. The van der Waals surface area contributed by atoms with Gasteiger partial charge in [-0.15, -0.1) is 0 Å². The first-order valence-electron chi connectivity index (χ1n) is 12.4. The van der Waals surface area contributed by atoms with E-state index in [4.69, 9.17) is 0 Å². The third-order valence-corrected chi connectivity index (χ3v) is 7.80. The van der Waals surface area contributed by atoms with Crippen LogP contribution in [0.25, 0.3) is 0 Å². The predicted octanol–water partition coefficient (Wildman–Crippen LogP) is 4.19. The number of nitrogens with one attached hydrogen (secondary N) is 1. The van der Waals surface area contributed by atoms with Gasteiger partial charge in [-0.05, 0) is 43.4 Å². The van der Waals surface area contributed by atoms with Crippen molar-refractivity contribution in [1.29, 1.82) is 0 Å². The van der Waals surface area contributed by atoms with Gasteiger partial charge in [-0.2, -0.15) is 0 Å². The summed E-state index contributed by atoms with van der Waals surface area (Å²) in [5, 5.41) is 3.00. The molecule has 0 aliphatic heterocycles. The Morgan fingerprint density at radius 3 is 2.25 bits per heavy atom. The smallest absolute Gasteiger partial charge is 0.244 e. The maximum absolute atomic E-state index is 14.5. The number of rotatable bonds is 10. The van der Waals surface area contributed by atoms with Gasteiger partial charge >= 0.3 is 0 Å². The standard InChI is InChI=1S/C27H36FN3O4S/c1-19(2)23-14-8-10-16-25(23)31(36(4,34)35)18-26(32)30(17-21-11-5-9-15-24(21)28)20(3)27(33)29-22-12-6-7-13-22/h5,8-11,14-16,19-20,22H,6-7,12-13,17-18H2,1-4H3,(H,29,33)/t20-/m0/s1. The fourth-order valence-corrected chi connectivity index (χ4v) is 5.45. The monoisotopic (exact) mass is 517 g/mol. The molecule has 0 heterocycles. The summed E-state index contributed by atoms with van der Waals surface area (Å²) in [6.45, 7) is 4.82. The number of anilines is 1. The van der Waals surface area contributed by atoms with Gasteiger partial charge in [0.2, 0.25) is 21.8 Å². The predicted molar refractivity (Wildman–Crippen MR) is 140 cm³/mol. The Morgan fingerprint density at radius 2 is 1.64 bits per heavy atom. The largest absolute Gasteiger partial charge is 0.352 e. The molecule has 1 N–H and O–H groups in total. The van der Waals surface area contributed by atoms with Crippen LogP contribution in [0.2, 0.25) is 0 Å². The summed E-state index contributed by atoms with van der Waals surface area (Å²) in [6.07, 6.45) is 4.89. The van der Waals surface area contributed by atoms with Gasteiger partial charge in [0.15, 0.2) is 0 Å². The molecule has 1 aliphatic carbocycles. The lowest BCUT2D eigenvalue weighted by molar-refractivity contribution is -0.139. The van der Waals surface area contributed by atoms with Gasteiger partial charge in [-0.3, -0.25) is 13.9 Å². The number of carbonyl (C=O) groups is 2. The highest BCUT2D eigenvalue weighted by Gasteiger charge is 2.32. The van der Waals surface area contributed by atoms with E-state index >= 15 is 0 Å². The minimum Gasteiger partial charge on any atom is -0.352 e. The molecule has 2 aromatic rings. The summed E-state index contributed by atoms with van der Waals surface area (Å²) in [7, 11) is -3.84. The van der Waals surface area contributed by atoms with E-state index < -0.39 is 34.3 Å². The molecule has 1 atom stereocenters. The first-order valence-corrected chi connectivity index (χ1v) is 14.2. The van der Waals surface area contributed by atoms with Crippen LogP contribution in [-0.2, 0) is 26.2 Å². The number of halogens is 1. The van der Waals surface area contributed by atoms with Crippen molar-refractivity contribution in [3.63, 3.8) is 0 Å². The van der Waals surface area contributed by atoms with Crippen molar-refractivity contribution in [3.05, 3.63) is 65.5 Å². The van der Waals surface area contributed by atoms with Crippen molar-refractivity contribution >= 4 is 27.5 Å². The van der Waals surface area contributed by atoms with Gasteiger partial charge in [0.1, 0.15) is 18.4 Å². The SMILES string of the molecule is CC(C)c1ccccc1N(CC(=O)N(Cc1ccccc1F)[C@@H](C)C(=O)NC1CCCC1)S(C)(=O)=O. The Hall–Kier alpha value is -2.94. The zero-order chi connectivity index (χ0) is 26.5. The molecular formula is C27H36FN3O4S. The van der Waals surface area contributed by atoms with Crippen LogP contribution in [0.3, 0.4) is 0 Å². The van der Waals surface area contributed by atoms with Crippen LogP contribution in [0.4, 0.5) is 10.1 Å². The lowest BCUT2D eigenvalue weighted by atomic mass is 10.0. The fraction of sp³-hybridized carbons (Fsp3) is 0.481. The first-order chi connectivity index (χ1) is 17.0. The summed E-state index contributed by atoms with van der Waals surface area (Å²) >= 11 is 0. The van der Waals surface area contributed by atoms with E-state index in [1.807, 2.05) is 26.0 Å². The number of para-hydroxylation sites is 1. The molecule has 0 bridgehead atoms. The van der Waals surface area contributed by atoms with Crippen LogP contribution < -0.4 is 9.62 Å². The fourth-order valence-electron chi connectivity index (χ4n) is 4.58. The topological polar surface area (TPSA) is 86.8 Å². The van der Waals surface area contributed by atoms with Crippen molar-refractivity contribution in [2.75, 3.05) is 17.1 Å². The average Bonchev–Trinajstić information content (AvgIpc) is 3.33. The molecule has 1 saturated carbocycles. The first kappa shape index (κ1) is 27.6. The Kier molecular flexibility index (Phi) is 9.11. The van der Waals surface area contributed by atoms with E-state index in [2.05, 4.69) is 5.32 Å². The van der Waals surface area contributed by atoms with E-state index in [9.17, 15) is 22.4 Å². The molecule has 36 heavy (non-hydrogen) atoms. The zero-order valence-electron chi connectivity index (χ0n) is 21.4. The molecule has 0 saturated heterocycles. The van der Waals surface area contributed by atoms with E-state index in [0.29, 0.717) is 5.69 Å². The molecule has 7 nitrogen and oxygen atoms in total. The molecule has 0 aromatic heterocycles. The minimum absolute atomic E-state index is 0.0196. The van der Waals surface area contributed by atoms with Gasteiger partial charge in [-0.1, -0.05) is 63.1 Å². The molecule has 0 radical (unpaired) electrons. The molecule has 1 fully saturated rings. The molecule has 2 aromatic carbocycles. The molecular weight excluding hydrogens is 481 g/mol. The van der Waals surface area contributed by atoms with Crippen LogP contribution >= 0.6 is 0 Å². The molecule has 9 heteroatoms. The molecule has 2 amide bonds. The second-order valence-corrected chi connectivity index (χ2v) is 11.7. The summed E-state index contributed by atoms with van der Waals surface area (Å²) < 4.78 is 41.2. The van der Waals surface area contributed by atoms with Crippen LogP contribution in [0, 0.1) is 5.82 Å². The number of benzene rings is 2. The highest BCUT2D eigenvalue weighted by atomic mass is 32.2. The third kappa shape index (κ3) is 6.84. The maximum Gasteiger partial charge on any atom is 0.244 e. The highest BCUT2D eigenvalue weighted by Crippen LogP contribution is 2.29. The Balaban J connectivity index is 1.94. The number of amides is 2. The molecule has 1 aliphatic rings. The number of nitrogens with zero attached hydrogens (tertiary/aromatic N) is 2. The second kappa shape index (κ2) is 11.9. The van der Waals surface area contributed by atoms with Crippen molar-refractivity contribution in [1.82, 2.24) is 10.2 Å². The van der Waals surface area contributed by atoms with Crippen molar-refractivity contribution < 1.29 is 22.4 Å². The molecule has 196 valence electrons. The second-order valence-electron chi connectivity index (χ2n) is 9.76. The third-order valence-electron chi connectivity index (χ3n) is 6.67. The number of hydrogen-bond acceptors (Lipinski definition) is 4. The van der Waals surface area contributed by atoms with Crippen molar-refractivity contribution in [2.45, 2.75) is 71.0 Å². The highest BCUT2D eigenvalue weighted by molar-refractivity contribution is 7.92. The maximum atomic E-state index is 14.5. The number of carbonyl (C=O) groups excluding carboxylic acids is 2.